The number of ether oxygens (including phenoxy) is 2. The summed E-state index contributed by atoms with van der Waals surface area (Å²) in [6.45, 7) is 4.09. The summed E-state index contributed by atoms with van der Waals surface area (Å²) in [6.07, 6.45) is 2.00. The van der Waals surface area contributed by atoms with Gasteiger partial charge in [-0.1, -0.05) is 0 Å². The van der Waals surface area contributed by atoms with Crippen LogP contribution in [0.3, 0.4) is 0 Å². The summed E-state index contributed by atoms with van der Waals surface area (Å²) in [6, 6.07) is 6.64. The lowest BCUT2D eigenvalue weighted by Gasteiger charge is -2.22. The highest BCUT2D eigenvalue weighted by molar-refractivity contribution is 7.89. The van der Waals surface area contributed by atoms with Crippen molar-refractivity contribution in [3.05, 3.63) is 24.3 Å². The van der Waals surface area contributed by atoms with Gasteiger partial charge in [-0.3, -0.25) is 0 Å². The summed E-state index contributed by atoms with van der Waals surface area (Å²) in [5.74, 6) is 0.652. The van der Waals surface area contributed by atoms with Gasteiger partial charge in [0.1, 0.15) is 12.4 Å². The van der Waals surface area contributed by atoms with Gasteiger partial charge in [-0.2, -0.15) is 4.31 Å². The summed E-state index contributed by atoms with van der Waals surface area (Å²) >= 11 is 0. The van der Waals surface area contributed by atoms with Crippen LogP contribution in [0.5, 0.6) is 5.75 Å². The summed E-state index contributed by atoms with van der Waals surface area (Å²) in [5, 5.41) is 3.35. The van der Waals surface area contributed by atoms with Crippen LogP contribution in [0.15, 0.2) is 29.2 Å². The van der Waals surface area contributed by atoms with Crippen LogP contribution < -0.4 is 10.1 Å². The van der Waals surface area contributed by atoms with E-state index < -0.39 is 10.0 Å². The molecule has 2 heterocycles. The van der Waals surface area contributed by atoms with Crippen molar-refractivity contribution in [3.8, 4) is 5.75 Å². The number of hydrogen-bond donors (Lipinski definition) is 1. The Balaban J connectivity index is 0.00000208. The maximum atomic E-state index is 12.8. The topological polar surface area (TPSA) is 67.9 Å². The number of rotatable bonds is 6. The lowest BCUT2D eigenvalue weighted by Crippen LogP contribution is -2.33. The minimum Gasteiger partial charge on any atom is -0.491 e. The molecule has 0 bridgehead atoms. The van der Waals surface area contributed by atoms with Crippen LogP contribution in [0.2, 0.25) is 0 Å². The lowest BCUT2D eigenvalue weighted by atomic mass is 9.87. The van der Waals surface area contributed by atoms with Crippen LogP contribution in [0, 0.1) is 5.41 Å². The van der Waals surface area contributed by atoms with Crippen molar-refractivity contribution in [1.29, 1.82) is 0 Å². The molecule has 1 atom stereocenters. The predicted molar refractivity (Wildman–Crippen MR) is 94.4 cm³/mol. The van der Waals surface area contributed by atoms with E-state index in [1.54, 1.807) is 35.7 Å². The molecule has 2 fully saturated rings. The monoisotopic (exact) mass is 376 g/mol. The Hall–Kier alpha value is -0.860. The first-order valence-electron chi connectivity index (χ1n) is 7.98. The Morgan fingerprint density at radius 1 is 1.21 bits per heavy atom. The molecule has 0 aromatic heterocycles. The Morgan fingerprint density at radius 2 is 1.96 bits per heavy atom. The van der Waals surface area contributed by atoms with Crippen LogP contribution in [-0.2, 0) is 14.8 Å². The van der Waals surface area contributed by atoms with Crippen molar-refractivity contribution in [2.24, 2.45) is 5.41 Å². The Labute approximate surface area is 150 Å². The number of nitrogens with zero attached hydrogens (tertiary/aromatic N) is 1. The van der Waals surface area contributed by atoms with Crippen LogP contribution in [0.25, 0.3) is 0 Å². The molecule has 6 nitrogen and oxygen atoms in total. The first kappa shape index (κ1) is 19.5. The maximum absolute atomic E-state index is 12.8. The molecule has 1 unspecified atom stereocenters. The van der Waals surface area contributed by atoms with Gasteiger partial charge in [-0.25, -0.2) is 8.42 Å². The normalized spacial score (nSPS) is 24.2. The Kier molecular flexibility index (Phi) is 6.50. The minimum absolute atomic E-state index is 0. The third-order valence-electron chi connectivity index (χ3n) is 4.75. The number of nitrogens with one attached hydrogen (secondary N) is 1. The second kappa shape index (κ2) is 8.01. The molecule has 2 aliphatic rings. The fourth-order valence-corrected chi connectivity index (χ4v) is 4.90. The molecule has 0 radical (unpaired) electrons. The number of halogens is 1. The van der Waals surface area contributed by atoms with Crippen molar-refractivity contribution in [2.75, 3.05) is 46.5 Å². The van der Waals surface area contributed by atoms with E-state index in [9.17, 15) is 8.42 Å². The molecule has 0 amide bonds. The van der Waals surface area contributed by atoms with E-state index in [1.165, 1.54) is 0 Å². The van der Waals surface area contributed by atoms with Crippen LogP contribution in [0.1, 0.15) is 12.8 Å². The zero-order valence-corrected chi connectivity index (χ0v) is 15.5. The van der Waals surface area contributed by atoms with Crippen LogP contribution in [-0.4, -0.2) is 59.2 Å². The van der Waals surface area contributed by atoms with Gasteiger partial charge in [0.25, 0.3) is 0 Å². The van der Waals surface area contributed by atoms with E-state index in [4.69, 9.17) is 9.47 Å². The van der Waals surface area contributed by atoms with Crippen molar-refractivity contribution in [3.63, 3.8) is 0 Å². The first-order valence-corrected chi connectivity index (χ1v) is 9.42. The number of sulfonamides is 1. The second-order valence-corrected chi connectivity index (χ2v) is 8.27. The third kappa shape index (κ3) is 4.03. The SMILES string of the molecule is COCCOc1ccc(S(=O)(=O)N2CCC3(CCNC3)C2)cc1.Cl. The van der Waals surface area contributed by atoms with Crippen molar-refractivity contribution in [2.45, 2.75) is 17.7 Å². The van der Waals surface area contributed by atoms with Crippen molar-refractivity contribution in [1.82, 2.24) is 9.62 Å². The quantitative estimate of drug-likeness (QED) is 0.762. The van der Waals surface area contributed by atoms with E-state index >= 15 is 0 Å². The van der Waals surface area contributed by atoms with Gasteiger partial charge in [-0.05, 0) is 49.1 Å². The van der Waals surface area contributed by atoms with E-state index in [2.05, 4.69) is 5.32 Å². The fourth-order valence-electron chi connectivity index (χ4n) is 3.34. The molecule has 1 N–H and O–H groups in total. The van der Waals surface area contributed by atoms with Gasteiger partial charge in [0.05, 0.1) is 11.5 Å². The highest BCUT2D eigenvalue weighted by Crippen LogP contribution is 2.38. The van der Waals surface area contributed by atoms with Gasteiger partial charge < -0.3 is 14.8 Å². The molecule has 2 saturated heterocycles. The van der Waals surface area contributed by atoms with Gasteiger partial charge >= 0.3 is 0 Å². The largest absolute Gasteiger partial charge is 0.491 e. The van der Waals surface area contributed by atoms with Gasteiger partial charge in [-0.15, -0.1) is 12.4 Å². The standard InChI is InChI=1S/C16H24N2O4S.ClH/c1-21-10-11-22-14-2-4-15(5-3-14)23(19,20)18-9-7-16(13-18)6-8-17-12-16;/h2-5,17H,6-13H2,1H3;1H. The average Bonchev–Trinajstić information content (AvgIpc) is 3.19. The molecule has 1 spiro atoms. The van der Waals surface area contributed by atoms with E-state index in [0.29, 0.717) is 36.9 Å². The molecule has 136 valence electrons. The average molecular weight is 377 g/mol. The molecule has 24 heavy (non-hydrogen) atoms. The summed E-state index contributed by atoms with van der Waals surface area (Å²) in [7, 11) is -1.81. The smallest absolute Gasteiger partial charge is 0.243 e. The summed E-state index contributed by atoms with van der Waals surface area (Å²) in [4.78, 5) is 0.333. The first-order chi connectivity index (χ1) is 11.1. The maximum Gasteiger partial charge on any atom is 0.243 e. The van der Waals surface area contributed by atoms with Crippen LogP contribution >= 0.6 is 12.4 Å². The van der Waals surface area contributed by atoms with Gasteiger partial charge in [0.2, 0.25) is 10.0 Å². The van der Waals surface area contributed by atoms with E-state index in [1.807, 2.05) is 0 Å². The fraction of sp³-hybridized carbons (Fsp3) is 0.625. The lowest BCUT2D eigenvalue weighted by molar-refractivity contribution is 0.146. The molecule has 3 rings (SSSR count). The zero-order chi connectivity index (χ0) is 16.3. The summed E-state index contributed by atoms with van der Waals surface area (Å²) < 4.78 is 37.6. The molecule has 1 aromatic carbocycles. The number of hydrogen-bond acceptors (Lipinski definition) is 5. The molecular weight excluding hydrogens is 352 g/mol. The van der Waals surface area contributed by atoms with Crippen molar-refractivity contribution < 1.29 is 17.9 Å². The molecule has 8 heteroatoms. The van der Waals surface area contributed by atoms with E-state index in [0.717, 1.165) is 25.9 Å². The third-order valence-corrected chi connectivity index (χ3v) is 6.61. The van der Waals surface area contributed by atoms with Gasteiger partial charge in [0.15, 0.2) is 0 Å². The summed E-state index contributed by atoms with van der Waals surface area (Å²) in [5.41, 5.74) is 0.135. The molecule has 0 saturated carbocycles. The highest BCUT2D eigenvalue weighted by Gasteiger charge is 2.44. The number of benzene rings is 1. The highest BCUT2D eigenvalue weighted by atomic mass is 35.5. The Bertz CT molecular complexity index is 630. The van der Waals surface area contributed by atoms with Gasteiger partial charge in [0, 0.05) is 26.7 Å². The predicted octanol–water partition coefficient (Wildman–Crippen LogP) is 1.51. The molecule has 2 aliphatic heterocycles. The molecule has 0 aliphatic carbocycles. The zero-order valence-electron chi connectivity index (χ0n) is 13.9. The van der Waals surface area contributed by atoms with Crippen LogP contribution in [0.4, 0.5) is 0 Å². The molecule has 1 aromatic rings. The van der Waals surface area contributed by atoms with E-state index in [-0.39, 0.29) is 17.8 Å². The second-order valence-electron chi connectivity index (χ2n) is 6.33. The minimum atomic E-state index is -3.42. The van der Waals surface area contributed by atoms with Crippen molar-refractivity contribution >= 4 is 22.4 Å². The number of methoxy groups -OCH3 is 1. The molecular formula is C16H25ClN2O4S. The Morgan fingerprint density at radius 3 is 2.58 bits per heavy atom.